The van der Waals surface area contributed by atoms with Crippen molar-refractivity contribution >= 4 is 23.5 Å². The molecule has 0 atom stereocenters. The number of hydrazone groups is 1. The van der Waals surface area contributed by atoms with Crippen molar-refractivity contribution in [2.75, 3.05) is 6.61 Å². The number of rotatable bonds is 7. The predicted molar refractivity (Wildman–Crippen MR) is 101 cm³/mol. The van der Waals surface area contributed by atoms with Crippen LogP contribution in [0.15, 0.2) is 76.5 Å². The number of para-hydroxylation sites is 1. The Bertz CT molecular complexity index is 830. The van der Waals surface area contributed by atoms with E-state index in [0.717, 1.165) is 17.5 Å². The largest absolute Gasteiger partial charge is 0.483 e. The van der Waals surface area contributed by atoms with Crippen molar-refractivity contribution in [3.05, 3.63) is 88.1 Å². The molecule has 1 amide bonds. The minimum atomic E-state index is -0.291. The fourth-order valence-corrected chi connectivity index (χ4v) is 2.92. The maximum atomic E-state index is 11.9. The number of carbonyl (C=O) groups is 1. The summed E-state index contributed by atoms with van der Waals surface area (Å²) in [6.45, 7) is -0.0766. The van der Waals surface area contributed by atoms with Crippen LogP contribution in [0.5, 0.6) is 5.75 Å². The van der Waals surface area contributed by atoms with Crippen LogP contribution in [0, 0.1) is 0 Å². The molecule has 0 aliphatic carbocycles. The highest BCUT2D eigenvalue weighted by molar-refractivity contribution is 7.08. The number of carbonyl (C=O) groups excluding carboxylic acids is 1. The first kappa shape index (κ1) is 16.9. The topological polar surface area (TPSA) is 50.7 Å². The van der Waals surface area contributed by atoms with Gasteiger partial charge in [0, 0.05) is 12.0 Å². The zero-order chi connectivity index (χ0) is 17.3. The summed E-state index contributed by atoms with van der Waals surface area (Å²) in [6, 6.07) is 19.8. The summed E-state index contributed by atoms with van der Waals surface area (Å²) in [6.07, 6.45) is 2.37. The van der Waals surface area contributed by atoms with Crippen molar-refractivity contribution in [2.24, 2.45) is 5.10 Å². The third-order valence-electron chi connectivity index (χ3n) is 3.51. The van der Waals surface area contributed by atoms with Crippen LogP contribution in [0.1, 0.15) is 16.7 Å². The van der Waals surface area contributed by atoms with Gasteiger partial charge in [-0.05, 0) is 34.0 Å². The number of nitrogens with zero attached hydrogens (tertiary/aromatic N) is 1. The molecule has 126 valence electrons. The summed E-state index contributed by atoms with van der Waals surface area (Å²) in [5, 5.41) is 7.82. The van der Waals surface area contributed by atoms with Gasteiger partial charge in [0.15, 0.2) is 6.61 Å². The average molecular weight is 350 g/mol. The van der Waals surface area contributed by atoms with Crippen molar-refractivity contribution in [2.45, 2.75) is 6.42 Å². The zero-order valence-electron chi connectivity index (χ0n) is 13.6. The smallest absolute Gasteiger partial charge is 0.277 e. The van der Waals surface area contributed by atoms with E-state index in [2.05, 4.69) is 22.7 Å². The monoisotopic (exact) mass is 350 g/mol. The third kappa shape index (κ3) is 5.29. The van der Waals surface area contributed by atoms with Crippen LogP contribution in [0.25, 0.3) is 0 Å². The molecule has 0 radical (unpaired) electrons. The van der Waals surface area contributed by atoms with Crippen molar-refractivity contribution in [1.82, 2.24) is 5.43 Å². The van der Waals surface area contributed by atoms with Crippen LogP contribution < -0.4 is 10.2 Å². The molecule has 0 bridgehead atoms. The number of nitrogens with one attached hydrogen (secondary N) is 1. The SMILES string of the molecule is O=C(COc1ccccc1Cc1ccccc1)N/N=C\c1ccsc1. The second-order valence-electron chi connectivity index (χ2n) is 5.41. The Labute approximate surface area is 150 Å². The van der Waals surface area contributed by atoms with Crippen LogP contribution in [-0.2, 0) is 11.2 Å². The predicted octanol–water partition coefficient (Wildman–Crippen LogP) is 3.87. The first-order valence-corrected chi connectivity index (χ1v) is 8.84. The van der Waals surface area contributed by atoms with Gasteiger partial charge in [-0.25, -0.2) is 5.43 Å². The highest BCUT2D eigenvalue weighted by atomic mass is 32.1. The molecule has 25 heavy (non-hydrogen) atoms. The quantitative estimate of drug-likeness (QED) is 0.519. The molecule has 0 aliphatic rings. The van der Waals surface area contributed by atoms with Crippen LogP contribution in [0.2, 0.25) is 0 Å². The lowest BCUT2D eigenvalue weighted by molar-refractivity contribution is -0.123. The number of benzene rings is 2. The molecule has 3 rings (SSSR count). The molecular weight excluding hydrogens is 332 g/mol. The molecule has 1 N–H and O–H groups in total. The Hall–Kier alpha value is -2.92. The summed E-state index contributed by atoms with van der Waals surface area (Å²) in [5.41, 5.74) is 5.67. The molecule has 0 saturated carbocycles. The molecule has 0 saturated heterocycles. The average Bonchev–Trinajstić information content (AvgIpc) is 3.15. The maximum Gasteiger partial charge on any atom is 0.277 e. The van der Waals surface area contributed by atoms with Gasteiger partial charge in [-0.2, -0.15) is 16.4 Å². The van der Waals surface area contributed by atoms with Crippen molar-refractivity contribution < 1.29 is 9.53 Å². The Morgan fingerprint density at radius 3 is 2.68 bits per heavy atom. The lowest BCUT2D eigenvalue weighted by Crippen LogP contribution is -2.24. The van der Waals surface area contributed by atoms with E-state index in [0.29, 0.717) is 5.75 Å². The number of hydrogen-bond acceptors (Lipinski definition) is 4. The molecule has 1 aromatic heterocycles. The van der Waals surface area contributed by atoms with E-state index in [1.807, 2.05) is 59.3 Å². The van der Waals surface area contributed by atoms with Crippen LogP contribution in [0.4, 0.5) is 0 Å². The van der Waals surface area contributed by atoms with Gasteiger partial charge in [0.1, 0.15) is 5.75 Å². The second kappa shape index (κ2) is 8.80. The minimum Gasteiger partial charge on any atom is -0.483 e. The fraction of sp³-hybridized carbons (Fsp3) is 0.100. The van der Waals surface area contributed by atoms with E-state index >= 15 is 0 Å². The van der Waals surface area contributed by atoms with Gasteiger partial charge in [0.25, 0.3) is 5.91 Å². The van der Waals surface area contributed by atoms with Crippen molar-refractivity contribution in [1.29, 1.82) is 0 Å². The first-order valence-electron chi connectivity index (χ1n) is 7.90. The van der Waals surface area contributed by atoms with Gasteiger partial charge in [-0.15, -0.1) is 0 Å². The summed E-state index contributed by atoms with van der Waals surface area (Å²) in [5.74, 6) is 0.421. The molecule has 0 fully saturated rings. The normalized spacial score (nSPS) is 10.7. The van der Waals surface area contributed by atoms with Crippen LogP contribution in [-0.4, -0.2) is 18.7 Å². The van der Waals surface area contributed by atoms with E-state index < -0.39 is 0 Å². The first-order chi connectivity index (χ1) is 12.3. The molecular formula is C20H18N2O2S. The molecule has 4 nitrogen and oxygen atoms in total. The van der Waals surface area contributed by atoms with Crippen LogP contribution in [0.3, 0.4) is 0 Å². The Morgan fingerprint density at radius 2 is 1.88 bits per heavy atom. The summed E-state index contributed by atoms with van der Waals surface area (Å²) in [4.78, 5) is 11.9. The fourth-order valence-electron chi connectivity index (χ4n) is 2.31. The van der Waals surface area contributed by atoms with E-state index in [9.17, 15) is 4.79 Å². The Balaban J connectivity index is 1.55. The second-order valence-corrected chi connectivity index (χ2v) is 6.19. The summed E-state index contributed by atoms with van der Waals surface area (Å²) in [7, 11) is 0. The van der Waals surface area contributed by atoms with Gasteiger partial charge in [-0.1, -0.05) is 48.5 Å². The van der Waals surface area contributed by atoms with E-state index in [-0.39, 0.29) is 12.5 Å². The van der Waals surface area contributed by atoms with Crippen molar-refractivity contribution in [3.63, 3.8) is 0 Å². The molecule has 0 unspecified atom stereocenters. The van der Waals surface area contributed by atoms with E-state index in [1.54, 1.807) is 17.6 Å². The molecule has 3 aromatic rings. The number of amides is 1. The van der Waals surface area contributed by atoms with Gasteiger partial charge < -0.3 is 4.74 Å². The van der Waals surface area contributed by atoms with Gasteiger partial charge in [0.05, 0.1) is 6.21 Å². The third-order valence-corrected chi connectivity index (χ3v) is 4.22. The molecule has 0 spiro atoms. The Morgan fingerprint density at radius 1 is 1.08 bits per heavy atom. The maximum absolute atomic E-state index is 11.9. The Kier molecular flexibility index (Phi) is 5.96. The van der Waals surface area contributed by atoms with Gasteiger partial charge >= 0.3 is 0 Å². The van der Waals surface area contributed by atoms with Gasteiger partial charge in [0.2, 0.25) is 0 Å². The molecule has 0 aliphatic heterocycles. The summed E-state index contributed by atoms with van der Waals surface area (Å²) >= 11 is 1.58. The lowest BCUT2D eigenvalue weighted by atomic mass is 10.0. The van der Waals surface area contributed by atoms with Crippen molar-refractivity contribution in [3.8, 4) is 5.75 Å². The van der Waals surface area contributed by atoms with Gasteiger partial charge in [-0.3, -0.25) is 4.79 Å². The molecule has 1 heterocycles. The lowest BCUT2D eigenvalue weighted by Gasteiger charge is -2.11. The number of hydrogen-bond donors (Lipinski definition) is 1. The summed E-state index contributed by atoms with van der Waals surface area (Å²) < 4.78 is 5.68. The zero-order valence-corrected chi connectivity index (χ0v) is 14.4. The van der Waals surface area contributed by atoms with E-state index in [1.165, 1.54) is 5.56 Å². The molecule has 2 aromatic carbocycles. The number of thiophene rings is 1. The highest BCUT2D eigenvalue weighted by Crippen LogP contribution is 2.21. The number of ether oxygens (including phenoxy) is 1. The standard InChI is InChI=1S/C20H18N2O2S/c23-20(22-21-13-17-10-11-25-15-17)14-24-19-9-5-4-8-18(19)12-16-6-2-1-3-7-16/h1-11,13,15H,12,14H2,(H,22,23)/b21-13-. The van der Waals surface area contributed by atoms with Crippen LogP contribution >= 0.6 is 11.3 Å². The highest BCUT2D eigenvalue weighted by Gasteiger charge is 2.07. The van der Waals surface area contributed by atoms with E-state index in [4.69, 9.17) is 4.74 Å². The molecule has 5 heteroatoms. The minimum absolute atomic E-state index is 0.0766.